The number of nitrogens with one attached hydrogen (secondary N) is 2. The molecule has 0 spiro atoms. The van der Waals surface area contributed by atoms with Crippen LogP contribution in [0.3, 0.4) is 0 Å². The van der Waals surface area contributed by atoms with E-state index in [0.29, 0.717) is 23.6 Å². The molecule has 0 heterocycles. The van der Waals surface area contributed by atoms with Crippen molar-refractivity contribution in [3.8, 4) is 0 Å². The summed E-state index contributed by atoms with van der Waals surface area (Å²) < 4.78 is 0. The molecule has 1 aromatic carbocycles. The third kappa shape index (κ3) is 5.35. The Balaban J connectivity index is 2.61. The Morgan fingerprint density at radius 3 is 2.60 bits per heavy atom. The van der Waals surface area contributed by atoms with Crippen LogP contribution in [-0.4, -0.2) is 23.0 Å². The molecule has 4 nitrogen and oxygen atoms in total. The summed E-state index contributed by atoms with van der Waals surface area (Å²) in [4.78, 5) is 11.9. The zero-order valence-electron chi connectivity index (χ0n) is 11.9. The lowest BCUT2D eigenvalue weighted by Crippen LogP contribution is -2.41. The van der Waals surface area contributed by atoms with Gasteiger partial charge in [0.2, 0.25) is 5.91 Å². The fourth-order valence-electron chi connectivity index (χ4n) is 1.71. The topological polar surface area (TPSA) is 67.2 Å². The maximum Gasteiger partial charge on any atom is 0.222 e. The number of carbonyl (C=O) groups is 1. The molecule has 110 valence electrons. The van der Waals surface area contributed by atoms with Gasteiger partial charge in [-0.15, -0.1) is 0 Å². The van der Waals surface area contributed by atoms with Gasteiger partial charge >= 0.3 is 0 Å². The van der Waals surface area contributed by atoms with Crippen LogP contribution in [0.15, 0.2) is 18.2 Å². The summed E-state index contributed by atoms with van der Waals surface area (Å²) in [6.45, 7) is 6.32. The summed E-state index contributed by atoms with van der Waals surface area (Å²) in [7, 11) is 0. The van der Waals surface area contributed by atoms with Crippen molar-refractivity contribution in [2.24, 2.45) is 5.73 Å². The Labute approximate surface area is 130 Å². The van der Waals surface area contributed by atoms with Crippen molar-refractivity contribution in [3.63, 3.8) is 0 Å². The second-order valence-electron chi connectivity index (χ2n) is 5.50. The lowest BCUT2D eigenvalue weighted by atomic mass is 10.1. The van der Waals surface area contributed by atoms with Gasteiger partial charge in [0.05, 0.1) is 10.6 Å². The Morgan fingerprint density at radius 1 is 1.40 bits per heavy atom. The van der Waals surface area contributed by atoms with Crippen molar-refractivity contribution in [1.29, 1.82) is 0 Å². The van der Waals surface area contributed by atoms with E-state index in [1.807, 2.05) is 32.9 Å². The number of nitrogens with two attached hydrogens (primary N) is 1. The van der Waals surface area contributed by atoms with Gasteiger partial charge in [0.1, 0.15) is 4.99 Å². The van der Waals surface area contributed by atoms with E-state index in [4.69, 9.17) is 29.6 Å². The molecule has 20 heavy (non-hydrogen) atoms. The van der Waals surface area contributed by atoms with E-state index in [0.717, 1.165) is 5.69 Å². The fraction of sp³-hybridized carbons (Fsp3) is 0.429. The highest BCUT2D eigenvalue weighted by Crippen LogP contribution is 2.24. The number of rotatable bonds is 5. The normalized spacial score (nSPS) is 11.0. The summed E-state index contributed by atoms with van der Waals surface area (Å²) >= 11 is 11.1. The first-order chi connectivity index (χ1) is 9.20. The van der Waals surface area contributed by atoms with Crippen molar-refractivity contribution >= 4 is 40.4 Å². The Hall–Kier alpha value is -1.33. The lowest BCUT2D eigenvalue weighted by molar-refractivity contribution is -0.122. The molecule has 1 rings (SSSR count). The van der Waals surface area contributed by atoms with Crippen LogP contribution in [0.5, 0.6) is 0 Å². The summed E-state index contributed by atoms with van der Waals surface area (Å²) in [6, 6.07) is 5.37. The number of benzene rings is 1. The standard InChI is InChI=1S/C14H20ClN3OS/c1-14(2,3)18-11(19)7-8-17-10-6-4-5-9(15)12(10)13(16)20/h4-6,17H,7-8H2,1-3H3,(H2,16,20)(H,18,19). The van der Waals surface area contributed by atoms with Crippen LogP contribution >= 0.6 is 23.8 Å². The minimum atomic E-state index is -0.225. The molecular weight excluding hydrogens is 294 g/mol. The third-order valence-corrected chi connectivity index (χ3v) is 2.96. The third-order valence-electron chi connectivity index (χ3n) is 2.44. The maximum atomic E-state index is 11.7. The number of hydrogen-bond donors (Lipinski definition) is 3. The van der Waals surface area contributed by atoms with E-state index in [9.17, 15) is 4.79 Å². The zero-order chi connectivity index (χ0) is 15.3. The summed E-state index contributed by atoms with van der Waals surface area (Å²) in [5.74, 6) is -0.0103. The Morgan fingerprint density at radius 2 is 2.05 bits per heavy atom. The molecule has 4 N–H and O–H groups in total. The molecule has 0 saturated carbocycles. The van der Waals surface area contributed by atoms with Gasteiger partial charge in [0.15, 0.2) is 0 Å². The average Bonchev–Trinajstić information content (AvgIpc) is 2.25. The molecular formula is C14H20ClN3OS. The largest absolute Gasteiger partial charge is 0.389 e. The van der Waals surface area contributed by atoms with E-state index in [1.165, 1.54) is 0 Å². The SMILES string of the molecule is CC(C)(C)NC(=O)CCNc1cccc(Cl)c1C(N)=S. The first kappa shape index (κ1) is 16.7. The van der Waals surface area contributed by atoms with Crippen LogP contribution in [0.2, 0.25) is 5.02 Å². The molecule has 0 aliphatic rings. The molecule has 0 saturated heterocycles. The summed E-state index contributed by atoms with van der Waals surface area (Å²) in [6.07, 6.45) is 0.362. The monoisotopic (exact) mass is 313 g/mol. The molecule has 0 bridgehead atoms. The van der Waals surface area contributed by atoms with Crippen LogP contribution in [-0.2, 0) is 4.79 Å². The fourth-order valence-corrected chi connectivity index (χ4v) is 2.27. The van der Waals surface area contributed by atoms with Gasteiger partial charge in [-0.2, -0.15) is 0 Å². The highest BCUT2D eigenvalue weighted by Gasteiger charge is 2.14. The molecule has 6 heteroatoms. The first-order valence-electron chi connectivity index (χ1n) is 6.34. The number of amides is 1. The van der Waals surface area contributed by atoms with Crippen LogP contribution in [0.1, 0.15) is 32.8 Å². The number of halogens is 1. The lowest BCUT2D eigenvalue weighted by Gasteiger charge is -2.20. The quantitative estimate of drug-likeness (QED) is 0.731. The van der Waals surface area contributed by atoms with Crippen molar-refractivity contribution < 1.29 is 4.79 Å². The molecule has 0 radical (unpaired) electrons. The van der Waals surface area contributed by atoms with E-state index >= 15 is 0 Å². The Kier molecular flexibility index (Phi) is 5.77. The van der Waals surface area contributed by atoms with Crippen LogP contribution in [0.4, 0.5) is 5.69 Å². The number of anilines is 1. The molecule has 0 aliphatic heterocycles. The first-order valence-corrected chi connectivity index (χ1v) is 7.12. The second-order valence-corrected chi connectivity index (χ2v) is 6.35. The van der Waals surface area contributed by atoms with Gasteiger partial charge in [-0.3, -0.25) is 4.79 Å². The van der Waals surface area contributed by atoms with Gasteiger partial charge in [0, 0.05) is 24.2 Å². The van der Waals surface area contributed by atoms with Gasteiger partial charge in [0.25, 0.3) is 0 Å². The molecule has 0 aliphatic carbocycles. The second kappa shape index (κ2) is 6.90. The highest BCUT2D eigenvalue weighted by atomic mass is 35.5. The zero-order valence-corrected chi connectivity index (χ0v) is 13.5. The van der Waals surface area contributed by atoms with Crippen LogP contribution in [0.25, 0.3) is 0 Å². The molecule has 0 aromatic heterocycles. The van der Waals surface area contributed by atoms with Crippen LogP contribution in [0, 0.1) is 0 Å². The number of carbonyl (C=O) groups excluding carboxylic acids is 1. The maximum absolute atomic E-state index is 11.7. The molecule has 1 aromatic rings. The van der Waals surface area contributed by atoms with Crippen molar-refractivity contribution in [2.45, 2.75) is 32.7 Å². The van der Waals surface area contributed by atoms with E-state index in [2.05, 4.69) is 10.6 Å². The molecule has 0 unspecified atom stereocenters. The van der Waals surface area contributed by atoms with Gasteiger partial charge in [-0.25, -0.2) is 0 Å². The average molecular weight is 314 g/mol. The highest BCUT2D eigenvalue weighted by molar-refractivity contribution is 7.80. The predicted octanol–water partition coefficient (Wildman–Crippen LogP) is 2.69. The minimum absolute atomic E-state index is 0.0103. The van der Waals surface area contributed by atoms with E-state index in [1.54, 1.807) is 6.07 Å². The number of hydrogen-bond acceptors (Lipinski definition) is 3. The minimum Gasteiger partial charge on any atom is -0.389 e. The number of thiocarbonyl (C=S) groups is 1. The predicted molar refractivity (Wildman–Crippen MR) is 88.3 cm³/mol. The van der Waals surface area contributed by atoms with Gasteiger partial charge in [-0.1, -0.05) is 29.9 Å². The molecule has 1 amide bonds. The van der Waals surface area contributed by atoms with Crippen molar-refractivity contribution in [1.82, 2.24) is 5.32 Å². The van der Waals surface area contributed by atoms with Crippen molar-refractivity contribution in [2.75, 3.05) is 11.9 Å². The van der Waals surface area contributed by atoms with Crippen LogP contribution < -0.4 is 16.4 Å². The van der Waals surface area contributed by atoms with E-state index < -0.39 is 0 Å². The summed E-state index contributed by atoms with van der Waals surface area (Å²) in [5.41, 5.74) is 6.79. The molecule has 0 atom stereocenters. The van der Waals surface area contributed by atoms with Gasteiger partial charge in [-0.05, 0) is 32.9 Å². The smallest absolute Gasteiger partial charge is 0.222 e. The summed E-state index contributed by atoms with van der Waals surface area (Å²) in [5, 5.41) is 6.54. The van der Waals surface area contributed by atoms with Gasteiger partial charge < -0.3 is 16.4 Å². The molecule has 0 fully saturated rings. The van der Waals surface area contributed by atoms with E-state index in [-0.39, 0.29) is 16.4 Å². The van der Waals surface area contributed by atoms with Crippen molar-refractivity contribution in [3.05, 3.63) is 28.8 Å². The Bertz CT molecular complexity index is 512.